The Kier molecular flexibility index (Phi) is 4.76. The molecule has 3 aromatic carbocycles. The minimum Gasteiger partial charge on any atom is -0.352 e. The fourth-order valence-electron chi connectivity index (χ4n) is 6.63. The van der Waals surface area contributed by atoms with Crippen molar-refractivity contribution >= 4 is 40.4 Å². The fraction of sp³-hybridized carbons (Fsp3) is 0.156. The van der Waals surface area contributed by atoms with Crippen molar-refractivity contribution in [2.45, 2.75) is 24.9 Å². The van der Waals surface area contributed by atoms with Crippen LogP contribution in [-0.2, 0) is 0 Å². The Balaban J connectivity index is 1.56. The quantitative estimate of drug-likeness (QED) is 0.242. The molecule has 5 heteroatoms. The number of carbonyl (C=O) groups is 3. The molecule has 1 aromatic heterocycles. The zero-order valence-electron chi connectivity index (χ0n) is 20.1. The van der Waals surface area contributed by atoms with Gasteiger partial charge >= 0.3 is 0 Å². The molecule has 0 amide bonds. The van der Waals surface area contributed by atoms with E-state index in [2.05, 4.69) is 4.90 Å². The second kappa shape index (κ2) is 7.95. The van der Waals surface area contributed by atoms with Gasteiger partial charge in [-0.25, -0.2) is 0 Å². The van der Waals surface area contributed by atoms with Gasteiger partial charge in [0.1, 0.15) is 11.5 Å². The zero-order valence-corrected chi connectivity index (χ0v) is 20.9. The first kappa shape index (κ1) is 22.1. The molecule has 0 bridgehead atoms. The van der Waals surface area contributed by atoms with E-state index in [9.17, 15) is 14.4 Å². The molecule has 180 valence electrons. The van der Waals surface area contributed by atoms with Crippen LogP contribution in [0.2, 0.25) is 0 Å². The summed E-state index contributed by atoms with van der Waals surface area (Å²) in [6.07, 6.45) is 3.96. The van der Waals surface area contributed by atoms with E-state index < -0.39 is 23.4 Å². The van der Waals surface area contributed by atoms with Gasteiger partial charge in [-0.05, 0) is 35.6 Å². The van der Waals surface area contributed by atoms with E-state index in [-0.39, 0.29) is 17.3 Å². The monoisotopic (exact) mass is 501 g/mol. The molecule has 1 fully saturated rings. The summed E-state index contributed by atoms with van der Waals surface area (Å²) in [6, 6.07) is 25.3. The molecule has 3 heterocycles. The number of nitrogens with zero attached hydrogens (tertiary/aromatic N) is 1. The van der Waals surface area contributed by atoms with Gasteiger partial charge in [-0.1, -0.05) is 90.5 Å². The summed E-state index contributed by atoms with van der Waals surface area (Å²) in [5, 5.41) is 1.89. The van der Waals surface area contributed by atoms with E-state index in [0.717, 1.165) is 22.4 Å². The predicted molar refractivity (Wildman–Crippen MR) is 146 cm³/mol. The van der Waals surface area contributed by atoms with E-state index >= 15 is 0 Å². The van der Waals surface area contributed by atoms with Gasteiger partial charge in [-0.15, -0.1) is 11.3 Å². The summed E-state index contributed by atoms with van der Waals surface area (Å²) in [6.45, 7) is 2.01. The lowest BCUT2D eigenvalue weighted by Crippen LogP contribution is -2.48. The van der Waals surface area contributed by atoms with Crippen LogP contribution in [0.3, 0.4) is 0 Å². The van der Waals surface area contributed by atoms with Crippen molar-refractivity contribution in [3.05, 3.63) is 129 Å². The number of benzene rings is 3. The van der Waals surface area contributed by atoms with E-state index in [1.165, 1.54) is 11.3 Å². The van der Waals surface area contributed by atoms with Crippen LogP contribution in [0.1, 0.15) is 53.0 Å². The maximum absolute atomic E-state index is 14.5. The standard InChI is InChI=1S/C32H23NO3S/c1-19-12-14-21(15-13-19)27-28(29(34)25-11-6-18-37-25)33-24-10-5-2-7-20(24)16-17-26(33)32(27)30(35)22-8-3-4-9-23(22)31(32)36/h2-18,26-28H,1H3/t26-,27-,28+/m0/s1. The molecule has 37 heavy (non-hydrogen) atoms. The zero-order chi connectivity index (χ0) is 25.3. The predicted octanol–water partition coefficient (Wildman–Crippen LogP) is 6.37. The van der Waals surface area contributed by atoms with Crippen LogP contribution < -0.4 is 4.90 Å². The van der Waals surface area contributed by atoms with E-state index in [4.69, 9.17) is 0 Å². The number of ketones is 3. The van der Waals surface area contributed by atoms with Crippen molar-refractivity contribution in [2.75, 3.05) is 4.90 Å². The third-order valence-corrected chi connectivity index (χ3v) is 9.07. The summed E-state index contributed by atoms with van der Waals surface area (Å²) >= 11 is 1.39. The Morgan fingerprint density at radius 2 is 1.51 bits per heavy atom. The Hall–Kier alpha value is -4.09. The Labute approximate surface area is 218 Å². The fourth-order valence-corrected chi connectivity index (χ4v) is 7.33. The first-order valence-corrected chi connectivity index (χ1v) is 13.3. The highest BCUT2D eigenvalue weighted by Gasteiger charge is 2.71. The number of aryl methyl sites for hydroxylation is 1. The number of rotatable bonds is 3. The van der Waals surface area contributed by atoms with Crippen LogP contribution in [0, 0.1) is 12.3 Å². The van der Waals surface area contributed by atoms with Gasteiger partial charge in [0.2, 0.25) is 0 Å². The highest BCUT2D eigenvalue weighted by Crippen LogP contribution is 2.61. The number of hydrogen-bond donors (Lipinski definition) is 0. The molecule has 1 aliphatic carbocycles. The van der Waals surface area contributed by atoms with Crippen molar-refractivity contribution in [3.8, 4) is 0 Å². The lowest BCUT2D eigenvalue weighted by atomic mass is 9.64. The van der Waals surface area contributed by atoms with Crippen LogP contribution in [-0.4, -0.2) is 29.4 Å². The molecule has 0 radical (unpaired) electrons. The van der Waals surface area contributed by atoms with Crippen LogP contribution in [0.5, 0.6) is 0 Å². The van der Waals surface area contributed by atoms with Crippen molar-refractivity contribution in [2.24, 2.45) is 5.41 Å². The molecule has 7 rings (SSSR count). The molecule has 2 aliphatic heterocycles. The first-order chi connectivity index (χ1) is 18.0. The number of hydrogen-bond acceptors (Lipinski definition) is 5. The molecular weight excluding hydrogens is 478 g/mol. The number of fused-ring (bicyclic) bond motifs is 5. The number of anilines is 1. The van der Waals surface area contributed by atoms with Gasteiger partial charge in [0.25, 0.3) is 0 Å². The summed E-state index contributed by atoms with van der Waals surface area (Å²) in [5.74, 6) is -1.11. The molecule has 0 N–H and O–H groups in total. The molecule has 3 aliphatic rings. The number of Topliss-reactive ketones (excluding diaryl/α,β-unsaturated/α-hetero) is 3. The number of carbonyl (C=O) groups excluding carboxylic acids is 3. The second-order valence-corrected chi connectivity index (χ2v) is 11.0. The average molecular weight is 502 g/mol. The summed E-state index contributed by atoms with van der Waals surface area (Å²) < 4.78 is 0. The number of thiophene rings is 1. The Bertz CT molecular complexity index is 1580. The van der Waals surface area contributed by atoms with Gasteiger partial charge in [0.05, 0.1) is 10.9 Å². The maximum atomic E-state index is 14.5. The lowest BCUT2D eigenvalue weighted by molar-refractivity contribution is 0.0666. The summed E-state index contributed by atoms with van der Waals surface area (Å²) in [5.41, 5.74) is 3.19. The third kappa shape index (κ3) is 2.86. The second-order valence-electron chi connectivity index (χ2n) is 10.0. The molecule has 4 nitrogen and oxygen atoms in total. The van der Waals surface area contributed by atoms with E-state index in [0.29, 0.717) is 16.0 Å². The van der Waals surface area contributed by atoms with E-state index in [1.54, 1.807) is 24.3 Å². The Morgan fingerprint density at radius 3 is 2.19 bits per heavy atom. The third-order valence-electron chi connectivity index (χ3n) is 8.18. The van der Waals surface area contributed by atoms with Crippen LogP contribution in [0.4, 0.5) is 5.69 Å². The smallest absolute Gasteiger partial charge is 0.195 e. The highest BCUT2D eigenvalue weighted by atomic mass is 32.1. The topological polar surface area (TPSA) is 54.5 Å². The SMILES string of the molecule is Cc1ccc([C@H]2[C@H](C(=O)c3cccs3)N3c4ccccc4C=C[C@H]3C23C(=O)c2ccccc2C3=O)cc1. The van der Waals surface area contributed by atoms with Gasteiger partial charge in [0, 0.05) is 22.7 Å². The van der Waals surface area contributed by atoms with Gasteiger partial charge in [0.15, 0.2) is 17.3 Å². The van der Waals surface area contributed by atoms with Gasteiger partial charge in [-0.2, -0.15) is 0 Å². The molecule has 1 saturated heterocycles. The minimum atomic E-state index is -1.44. The minimum absolute atomic E-state index is 0.0656. The van der Waals surface area contributed by atoms with Crippen molar-refractivity contribution in [1.29, 1.82) is 0 Å². The molecular formula is C32H23NO3S. The first-order valence-electron chi connectivity index (χ1n) is 12.4. The maximum Gasteiger partial charge on any atom is 0.195 e. The van der Waals surface area contributed by atoms with Gasteiger partial charge < -0.3 is 4.90 Å². The van der Waals surface area contributed by atoms with Crippen LogP contribution >= 0.6 is 11.3 Å². The average Bonchev–Trinajstić information content (AvgIpc) is 3.63. The van der Waals surface area contributed by atoms with Crippen LogP contribution in [0.15, 0.2) is 96.4 Å². The summed E-state index contributed by atoms with van der Waals surface area (Å²) in [4.78, 5) is 46.1. The van der Waals surface area contributed by atoms with Crippen molar-refractivity contribution < 1.29 is 14.4 Å². The van der Waals surface area contributed by atoms with E-state index in [1.807, 2.05) is 85.1 Å². The Morgan fingerprint density at radius 1 is 0.838 bits per heavy atom. The molecule has 0 unspecified atom stereocenters. The lowest BCUT2D eigenvalue weighted by Gasteiger charge is -2.37. The van der Waals surface area contributed by atoms with Crippen molar-refractivity contribution in [1.82, 2.24) is 0 Å². The van der Waals surface area contributed by atoms with Gasteiger partial charge in [-0.3, -0.25) is 14.4 Å². The summed E-state index contributed by atoms with van der Waals surface area (Å²) in [7, 11) is 0. The molecule has 1 spiro atoms. The highest BCUT2D eigenvalue weighted by molar-refractivity contribution is 7.12. The molecule has 0 saturated carbocycles. The normalized spacial score (nSPS) is 22.7. The molecule has 4 aromatic rings. The number of para-hydroxylation sites is 1. The largest absolute Gasteiger partial charge is 0.352 e. The van der Waals surface area contributed by atoms with Crippen molar-refractivity contribution in [3.63, 3.8) is 0 Å². The van der Waals surface area contributed by atoms with Crippen LogP contribution in [0.25, 0.3) is 6.08 Å². The molecule has 3 atom stereocenters.